The molecule has 0 aliphatic carbocycles. The highest BCUT2D eigenvalue weighted by molar-refractivity contribution is 7.99. The lowest BCUT2D eigenvalue weighted by Gasteiger charge is -2.04. The topological polar surface area (TPSA) is 20.2 Å². The quantitative estimate of drug-likeness (QED) is 0.502. The van der Waals surface area contributed by atoms with Crippen molar-refractivity contribution in [3.05, 3.63) is 0 Å². The molecule has 10 heavy (non-hydrogen) atoms. The summed E-state index contributed by atoms with van der Waals surface area (Å²) in [5, 5.41) is 9.00. The standard InChI is InChI=1S/C7H15ClOS/c1-2-3-4-10-6-7(9)5-8/h7,9H,2-6H2,1H3/t7-/m1/s1. The molecule has 0 fully saturated rings. The molecule has 0 heterocycles. The van der Waals surface area contributed by atoms with E-state index in [1.165, 1.54) is 12.8 Å². The summed E-state index contributed by atoms with van der Waals surface area (Å²) in [6.07, 6.45) is 2.15. The molecule has 0 bridgehead atoms. The van der Waals surface area contributed by atoms with Crippen molar-refractivity contribution in [2.75, 3.05) is 17.4 Å². The molecule has 1 N–H and O–H groups in total. The van der Waals surface area contributed by atoms with Crippen molar-refractivity contribution >= 4 is 23.4 Å². The van der Waals surface area contributed by atoms with Crippen LogP contribution in [0.2, 0.25) is 0 Å². The van der Waals surface area contributed by atoms with Gasteiger partial charge in [-0.05, 0) is 12.2 Å². The van der Waals surface area contributed by atoms with Crippen LogP contribution >= 0.6 is 23.4 Å². The summed E-state index contributed by atoms with van der Waals surface area (Å²) >= 11 is 7.18. The van der Waals surface area contributed by atoms with Gasteiger partial charge in [-0.25, -0.2) is 0 Å². The fourth-order valence-electron chi connectivity index (χ4n) is 0.510. The van der Waals surface area contributed by atoms with E-state index in [-0.39, 0.29) is 6.10 Å². The van der Waals surface area contributed by atoms with Gasteiger partial charge in [0, 0.05) is 11.6 Å². The number of halogens is 1. The van der Waals surface area contributed by atoms with Gasteiger partial charge >= 0.3 is 0 Å². The van der Waals surface area contributed by atoms with E-state index >= 15 is 0 Å². The summed E-state index contributed by atoms with van der Waals surface area (Å²) in [7, 11) is 0. The summed E-state index contributed by atoms with van der Waals surface area (Å²) in [4.78, 5) is 0. The SMILES string of the molecule is CCCCSC[C@H](O)CCl. The van der Waals surface area contributed by atoms with E-state index < -0.39 is 0 Å². The number of hydrogen-bond donors (Lipinski definition) is 1. The second-order valence-electron chi connectivity index (χ2n) is 2.24. The van der Waals surface area contributed by atoms with Crippen molar-refractivity contribution in [2.24, 2.45) is 0 Å². The molecular weight excluding hydrogens is 168 g/mol. The zero-order chi connectivity index (χ0) is 7.82. The van der Waals surface area contributed by atoms with Gasteiger partial charge in [0.2, 0.25) is 0 Å². The van der Waals surface area contributed by atoms with Crippen molar-refractivity contribution in [2.45, 2.75) is 25.9 Å². The zero-order valence-electron chi connectivity index (χ0n) is 6.35. The number of alkyl halides is 1. The van der Waals surface area contributed by atoms with Gasteiger partial charge in [0.25, 0.3) is 0 Å². The molecule has 0 amide bonds. The molecule has 3 heteroatoms. The highest BCUT2D eigenvalue weighted by Crippen LogP contribution is 2.06. The fraction of sp³-hybridized carbons (Fsp3) is 1.00. The molecule has 1 nitrogen and oxygen atoms in total. The van der Waals surface area contributed by atoms with Crippen molar-refractivity contribution < 1.29 is 5.11 Å². The van der Waals surface area contributed by atoms with Crippen LogP contribution in [0.3, 0.4) is 0 Å². The largest absolute Gasteiger partial charge is 0.391 e. The van der Waals surface area contributed by atoms with Crippen molar-refractivity contribution in [3.63, 3.8) is 0 Å². The lowest BCUT2D eigenvalue weighted by atomic mass is 10.4. The molecule has 0 aliphatic rings. The van der Waals surface area contributed by atoms with E-state index in [0.717, 1.165) is 11.5 Å². The zero-order valence-corrected chi connectivity index (χ0v) is 7.92. The molecule has 0 radical (unpaired) electrons. The third kappa shape index (κ3) is 6.72. The summed E-state index contributed by atoms with van der Waals surface area (Å²) in [5.74, 6) is 2.28. The Kier molecular flexibility index (Phi) is 8.17. The highest BCUT2D eigenvalue weighted by atomic mass is 35.5. The van der Waals surface area contributed by atoms with Crippen LogP contribution in [0.1, 0.15) is 19.8 Å². The van der Waals surface area contributed by atoms with Gasteiger partial charge in [0.05, 0.1) is 6.10 Å². The Morgan fingerprint density at radius 3 is 2.80 bits per heavy atom. The number of aliphatic hydroxyl groups excluding tert-OH is 1. The molecular formula is C7H15ClOS. The van der Waals surface area contributed by atoms with Crippen LogP contribution in [0, 0.1) is 0 Å². The Bertz CT molecular complexity index is 70.6. The first-order valence-electron chi connectivity index (χ1n) is 3.63. The van der Waals surface area contributed by atoms with E-state index in [0.29, 0.717) is 5.88 Å². The predicted octanol–water partition coefficient (Wildman–Crippen LogP) is 2.12. The first-order valence-corrected chi connectivity index (χ1v) is 5.32. The minimum absolute atomic E-state index is 0.316. The van der Waals surface area contributed by atoms with Crippen LogP contribution in [0.25, 0.3) is 0 Å². The molecule has 0 aromatic heterocycles. The maximum absolute atomic E-state index is 9.00. The van der Waals surface area contributed by atoms with Crippen LogP contribution in [0.4, 0.5) is 0 Å². The third-order valence-electron chi connectivity index (χ3n) is 1.13. The Hall–Kier alpha value is 0.600. The normalized spacial score (nSPS) is 13.5. The average Bonchev–Trinajstić information content (AvgIpc) is 1.98. The summed E-state index contributed by atoms with van der Waals surface area (Å²) in [5.41, 5.74) is 0. The van der Waals surface area contributed by atoms with Gasteiger partial charge in [0.1, 0.15) is 0 Å². The molecule has 0 aromatic rings. The number of thioether (sulfide) groups is 1. The van der Waals surface area contributed by atoms with Gasteiger partial charge in [-0.1, -0.05) is 13.3 Å². The predicted molar refractivity (Wildman–Crippen MR) is 49.0 cm³/mol. The van der Waals surface area contributed by atoms with Crippen LogP contribution in [-0.2, 0) is 0 Å². The van der Waals surface area contributed by atoms with Crippen LogP contribution in [-0.4, -0.2) is 28.6 Å². The fourth-order valence-corrected chi connectivity index (χ4v) is 1.80. The van der Waals surface area contributed by atoms with Crippen LogP contribution < -0.4 is 0 Å². The molecule has 0 aliphatic heterocycles. The molecule has 0 saturated carbocycles. The van der Waals surface area contributed by atoms with Gasteiger partial charge < -0.3 is 5.11 Å². The monoisotopic (exact) mass is 182 g/mol. The van der Waals surface area contributed by atoms with Crippen molar-refractivity contribution in [3.8, 4) is 0 Å². The van der Waals surface area contributed by atoms with E-state index in [9.17, 15) is 0 Å². The molecule has 0 spiro atoms. The molecule has 0 unspecified atom stereocenters. The molecule has 0 saturated heterocycles. The third-order valence-corrected chi connectivity index (χ3v) is 2.68. The lowest BCUT2D eigenvalue weighted by Crippen LogP contribution is -2.11. The number of unbranched alkanes of at least 4 members (excludes halogenated alkanes) is 1. The van der Waals surface area contributed by atoms with E-state index in [1.54, 1.807) is 11.8 Å². The number of hydrogen-bond acceptors (Lipinski definition) is 2. The molecule has 0 aromatic carbocycles. The average molecular weight is 183 g/mol. The van der Waals surface area contributed by atoms with E-state index in [4.69, 9.17) is 16.7 Å². The summed E-state index contributed by atoms with van der Waals surface area (Å²) in [6, 6.07) is 0. The number of aliphatic hydroxyl groups is 1. The Labute approximate surface area is 72.1 Å². The van der Waals surface area contributed by atoms with Crippen molar-refractivity contribution in [1.29, 1.82) is 0 Å². The summed E-state index contributed by atoms with van der Waals surface area (Å²) in [6.45, 7) is 2.17. The minimum Gasteiger partial charge on any atom is -0.391 e. The van der Waals surface area contributed by atoms with Crippen LogP contribution in [0.15, 0.2) is 0 Å². The van der Waals surface area contributed by atoms with Crippen LogP contribution in [0.5, 0.6) is 0 Å². The maximum atomic E-state index is 9.00. The maximum Gasteiger partial charge on any atom is 0.0765 e. The second kappa shape index (κ2) is 7.70. The van der Waals surface area contributed by atoms with Crippen molar-refractivity contribution in [1.82, 2.24) is 0 Å². The number of rotatable bonds is 6. The first-order chi connectivity index (χ1) is 4.81. The highest BCUT2D eigenvalue weighted by Gasteiger charge is 1.99. The van der Waals surface area contributed by atoms with Gasteiger partial charge in [-0.15, -0.1) is 11.6 Å². The summed E-state index contributed by atoms with van der Waals surface area (Å²) < 4.78 is 0. The van der Waals surface area contributed by atoms with Gasteiger partial charge in [0.15, 0.2) is 0 Å². The first kappa shape index (κ1) is 10.6. The lowest BCUT2D eigenvalue weighted by molar-refractivity contribution is 0.223. The van der Waals surface area contributed by atoms with Gasteiger partial charge in [-0.3, -0.25) is 0 Å². The Morgan fingerprint density at radius 1 is 1.60 bits per heavy atom. The van der Waals surface area contributed by atoms with Gasteiger partial charge in [-0.2, -0.15) is 11.8 Å². The molecule has 0 rings (SSSR count). The van der Waals surface area contributed by atoms with E-state index in [1.807, 2.05) is 0 Å². The molecule has 62 valence electrons. The molecule has 1 atom stereocenters. The second-order valence-corrected chi connectivity index (χ2v) is 3.70. The Balaban J connectivity index is 2.89. The minimum atomic E-state index is -0.316. The smallest absolute Gasteiger partial charge is 0.0765 e. The van der Waals surface area contributed by atoms with E-state index in [2.05, 4.69) is 6.92 Å². The Morgan fingerprint density at radius 2 is 2.30 bits per heavy atom.